The lowest BCUT2D eigenvalue weighted by Gasteiger charge is -2.09. The Bertz CT molecular complexity index is 319. The van der Waals surface area contributed by atoms with Crippen molar-refractivity contribution in [2.45, 2.75) is 32.9 Å². The van der Waals surface area contributed by atoms with Gasteiger partial charge in [-0.05, 0) is 18.9 Å². The molecule has 3 N–H and O–H groups in total. The van der Waals surface area contributed by atoms with Crippen LogP contribution in [0.4, 0.5) is 0 Å². The molecule has 0 heterocycles. The topological polar surface area (TPSA) is 55.1 Å². The average molecular weight is 206 g/mol. The van der Waals surface area contributed by atoms with Crippen LogP contribution < -0.4 is 11.1 Å². The third-order valence-electron chi connectivity index (χ3n) is 2.36. The van der Waals surface area contributed by atoms with E-state index in [2.05, 4.69) is 5.32 Å². The summed E-state index contributed by atoms with van der Waals surface area (Å²) in [4.78, 5) is 11.4. The van der Waals surface area contributed by atoms with Crippen LogP contribution in [0, 0.1) is 6.92 Å². The molecule has 0 spiro atoms. The summed E-state index contributed by atoms with van der Waals surface area (Å²) >= 11 is 0. The predicted molar refractivity (Wildman–Crippen MR) is 61.3 cm³/mol. The van der Waals surface area contributed by atoms with Crippen molar-refractivity contribution < 1.29 is 4.79 Å². The van der Waals surface area contributed by atoms with Crippen molar-refractivity contribution in [3.8, 4) is 0 Å². The molecule has 0 saturated heterocycles. The number of nitrogens with two attached hydrogens (primary N) is 1. The molecule has 0 aliphatic heterocycles. The van der Waals surface area contributed by atoms with Gasteiger partial charge in [-0.25, -0.2) is 0 Å². The fraction of sp³-hybridized carbons (Fsp3) is 0.417. The van der Waals surface area contributed by atoms with Crippen molar-refractivity contribution in [1.29, 1.82) is 0 Å². The first-order valence-corrected chi connectivity index (χ1v) is 5.22. The number of benzene rings is 1. The Hall–Kier alpha value is -1.35. The van der Waals surface area contributed by atoms with E-state index in [-0.39, 0.29) is 5.91 Å². The number of hydrogen-bond donors (Lipinski definition) is 2. The second-order valence-electron chi connectivity index (χ2n) is 3.72. The number of rotatable bonds is 4. The van der Waals surface area contributed by atoms with Crippen LogP contribution in [-0.4, -0.2) is 11.9 Å². The number of nitrogens with one attached hydrogen (secondary N) is 1. The van der Waals surface area contributed by atoms with E-state index in [1.165, 1.54) is 5.56 Å². The van der Waals surface area contributed by atoms with E-state index >= 15 is 0 Å². The highest BCUT2D eigenvalue weighted by atomic mass is 16.2. The van der Waals surface area contributed by atoms with Gasteiger partial charge in [0.15, 0.2) is 0 Å². The van der Waals surface area contributed by atoms with E-state index in [4.69, 9.17) is 5.73 Å². The molecule has 0 bridgehead atoms. The lowest BCUT2D eigenvalue weighted by Crippen LogP contribution is -2.39. The maximum absolute atomic E-state index is 11.4. The molecule has 3 heteroatoms. The van der Waals surface area contributed by atoms with Gasteiger partial charge in [0.2, 0.25) is 5.91 Å². The second-order valence-corrected chi connectivity index (χ2v) is 3.72. The van der Waals surface area contributed by atoms with E-state index in [0.29, 0.717) is 13.0 Å². The van der Waals surface area contributed by atoms with Crippen LogP contribution in [0.1, 0.15) is 24.5 Å². The molecule has 1 aromatic rings. The van der Waals surface area contributed by atoms with E-state index in [1.54, 1.807) is 0 Å². The molecule has 1 rings (SSSR count). The summed E-state index contributed by atoms with van der Waals surface area (Å²) in [5.74, 6) is -0.0851. The molecular weight excluding hydrogens is 188 g/mol. The number of amides is 1. The quantitative estimate of drug-likeness (QED) is 0.781. The minimum absolute atomic E-state index is 0.0851. The molecular formula is C12H18N2O. The number of carbonyl (C=O) groups excluding carboxylic acids is 1. The summed E-state index contributed by atoms with van der Waals surface area (Å²) in [6, 6.07) is 7.68. The van der Waals surface area contributed by atoms with Crippen molar-refractivity contribution in [2.24, 2.45) is 5.73 Å². The molecule has 1 aromatic carbocycles. The lowest BCUT2D eigenvalue weighted by atomic mass is 10.1. The minimum atomic E-state index is -0.393. The molecule has 0 unspecified atom stereocenters. The van der Waals surface area contributed by atoms with Crippen molar-refractivity contribution >= 4 is 5.91 Å². The van der Waals surface area contributed by atoms with E-state index in [1.807, 2.05) is 38.1 Å². The third kappa shape index (κ3) is 3.72. The maximum atomic E-state index is 11.4. The molecule has 0 radical (unpaired) electrons. The SMILES string of the molecule is CC[C@H](N)C(=O)NCc1ccc(C)cc1. The van der Waals surface area contributed by atoms with Crippen LogP contribution in [0.5, 0.6) is 0 Å². The summed E-state index contributed by atoms with van der Waals surface area (Å²) in [5.41, 5.74) is 7.91. The van der Waals surface area contributed by atoms with Crippen LogP contribution in [0.25, 0.3) is 0 Å². The van der Waals surface area contributed by atoms with Crippen LogP contribution >= 0.6 is 0 Å². The van der Waals surface area contributed by atoms with E-state index in [0.717, 1.165) is 5.56 Å². The Kier molecular flexibility index (Phi) is 4.31. The summed E-state index contributed by atoms with van der Waals surface area (Å²) in [6.45, 7) is 4.48. The van der Waals surface area contributed by atoms with Gasteiger partial charge in [0.05, 0.1) is 6.04 Å². The normalized spacial score (nSPS) is 12.2. The minimum Gasteiger partial charge on any atom is -0.351 e. The number of hydrogen-bond acceptors (Lipinski definition) is 2. The standard InChI is InChI=1S/C12H18N2O/c1-3-11(13)12(15)14-8-10-6-4-9(2)5-7-10/h4-7,11H,3,8,13H2,1-2H3,(H,14,15)/t11-/m0/s1. The van der Waals surface area contributed by atoms with Crippen LogP contribution in [0.15, 0.2) is 24.3 Å². The highest BCUT2D eigenvalue weighted by Gasteiger charge is 2.09. The zero-order valence-corrected chi connectivity index (χ0v) is 9.29. The Morgan fingerprint density at radius 3 is 2.53 bits per heavy atom. The molecule has 82 valence electrons. The van der Waals surface area contributed by atoms with Crippen molar-refractivity contribution in [1.82, 2.24) is 5.32 Å². The highest BCUT2D eigenvalue weighted by Crippen LogP contribution is 2.02. The predicted octanol–water partition coefficient (Wildman–Crippen LogP) is 1.35. The number of carbonyl (C=O) groups is 1. The van der Waals surface area contributed by atoms with Gasteiger partial charge in [-0.15, -0.1) is 0 Å². The first kappa shape index (κ1) is 11.7. The molecule has 3 nitrogen and oxygen atoms in total. The zero-order valence-electron chi connectivity index (χ0n) is 9.29. The molecule has 1 atom stereocenters. The summed E-state index contributed by atoms with van der Waals surface area (Å²) in [5, 5.41) is 2.81. The summed E-state index contributed by atoms with van der Waals surface area (Å²) in [6.07, 6.45) is 0.666. The smallest absolute Gasteiger partial charge is 0.237 e. The van der Waals surface area contributed by atoms with Gasteiger partial charge in [0.1, 0.15) is 0 Å². The van der Waals surface area contributed by atoms with Gasteiger partial charge in [-0.1, -0.05) is 36.8 Å². The van der Waals surface area contributed by atoms with Crippen molar-refractivity contribution in [3.05, 3.63) is 35.4 Å². The molecule has 0 aromatic heterocycles. The molecule has 0 aliphatic carbocycles. The van der Waals surface area contributed by atoms with E-state index in [9.17, 15) is 4.79 Å². The fourth-order valence-corrected chi connectivity index (χ4v) is 1.21. The van der Waals surface area contributed by atoms with Gasteiger partial charge < -0.3 is 11.1 Å². The van der Waals surface area contributed by atoms with Crippen molar-refractivity contribution in [3.63, 3.8) is 0 Å². The summed E-state index contributed by atoms with van der Waals surface area (Å²) in [7, 11) is 0. The van der Waals surface area contributed by atoms with Gasteiger partial charge >= 0.3 is 0 Å². The number of aryl methyl sites for hydroxylation is 1. The second kappa shape index (κ2) is 5.51. The molecule has 1 amide bonds. The Balaban J connectivity index is 2.43. The highest BCUT2D eigenvalue weighted by molar-refractivity contribution is 5.81. The fourth-order valence-electron chi connectivity index (χ4n) is 1.21. The molecule has 0 saturated carbocycles. The molecule has 0 fully saturated rings. The van der Waals surface area contributed by atoms with Crippen LogP contribution in [0.2, 0.25) is 0 Å². The van der Waals surface area contributed by atoms with Crippen LogP contribution in [-0.2, 0) is 11.3 Å². The maximum Gasteiger partial charge on any atom is 0.237 e. The van der Waals surface area contributed by atoms with Gasteiger partial charge in [0, 0.05) is 6.54 Å². The summed E-state index contributed by atoms with van der Waals surface area (Å²) < 4.78 is 0. The van der Waals surface area contributed by atoms with E-state index < -0.39 is 6.04 Å². The Morgan fingerprint density at radius 2 is 2.00 bits per heavy atom. The zero-order chi connectivity index (χ0) is 11.3. The average Bonchev–Trinajstić information content (AvgIpc) is 2.26. The Morgan fingerprint density at radius 1 is 1.40 bits per heavy atom. The van der Waals surface area contributed by atoms with Gasteiger partial charge in [-0.2, -0.15) is 0 Å². The molecule has 0 aliphatic rings. The largest absolute Gasteiger partial charge is 0.351 e. The van der Waals surface area contributed by atoms with Gasteiger partial charge in [-0.3, -0.25) is 4.79 Å². The Labute approximate surface area is 90.7 Å². The molecule has 15 heavy (non-hydrogen) atoms. The lowest BCUT2D eigenvalue weighted by molar-refractivity contribution is -0.122. The monoisotopic (exact) mass is 206 g/mol. The van der Waals surface area contributed by atoms with Crippen molar-refractivity contribution in [2.75, 3.05) is 0 Å². The first-order chi connectivity index (χ1) is 7.13. The van der Waals surface area contributed by atoms with Gasteiger partial charge in [0.25, 0.3) is 0 Å². The first-order valence-electron chi connectivity index (χ1n) is 5.22. The van der Waals surface area contributed by atoms with Crippen LogP contribution in [0.3, 0.4) is 0 Å². The third-order valence-corrected chi connectivity index (χ3v) is 2.36.